The molecular formula is C20H23NO3S. The minimum atomic E-state index is -1.41. The number of esters is 1. The molecule has 0 N–H and O–H groups in total. The van der Waals surface area contributed by atoms with Gasteiger partial charge in [-0.05, 0) is 5.56 Å². The van der Waals surface area contributed by atoms with Crippen LogP contribution in [0.4, 0.5) is 0 Å². The van der Waals surface area contributed by atoms with Crippen LogP contribution in [0.5, 0.6) is 0 Å². The summed E-state index contributed by atoms with van der Waals surface area (Å²) in [6, 6.07) is 12.0. The molecule has 0 unspecified atom stereocenters. The van der Waals surface area contributed by atoms with E-state index in [1.807, 2.05) is 58.0 Å². The van der Waals surface area contributed by atoms with Gasteiger partial charge in [0.15, 0.2) is 5.41 Å². The SMILES string of the molecule is COC(=O)[C@]1(C#N)[C@@H](c2ccccc2)CSC12C(C)(C)C(=O)C2(C)C. The van der Waals surface area contributed by atoms with Crippen molar-refractivity contribution < 1.29 is 14.3 Å². The van der Waals surface area contributed by atoms with E-state index in [1.54, 1.807) is 11.8 Å². The number of ketones is 1. The lowest BCUT2D eigenvalue weighted by atomic mass is 9.37. The van der Waals surface area contributed by atoms with E-state index >= 15 is 0 Å². The Morgan fingerprint density at radius 2 is 1.76 bits per heavy atom. The van der Waals surface area contributed by atoms with Gasteiger partial charge >= 0.3 is 5.97 Å². The predicted molar refractivity (Wildman–Crippen MR) is 97.0 cm³/mol. The maximum absolute atomic E-state index is 13.1. The molecule has 1 spiro atoms. The Morgan fingerprint density at radius 3 is 2.24 bits per heavy atom. The number of carbonyl (C=O) groups excluding carboxylic acids is 2. The molecule has 2 atom stereocenters. The number of hydrogen-bond donors (Lipinski definition) is 0. The third-order valence-electron chi connectivity index (χ3n) is 6.33. The van der Waals surface area contributed by atoms with Gasteiger partial charge < -0.3 is 4.74 Å². The van der Waals surface area contributed by atoms with Crippen molar-refractivity contribution in [2.75, 3.05) is 12.9 Å². The van der Waals surface area contributed by atoms with Crippen LogP contribution in [0.1, 0.15) is 39.2 Å². The van der Waals surface area contributed by atoms with Gasteiger partial charge in [-0.15, -0.1) is 0 Å². The molecule has 1 heterocycles. The van der Waals surface area contributed by atoms with Gasteiger partial charge in [-0.2, -0.15) is 17.0 Å². The molecule has 1 saturated heterocycles. The highest BCUT2D eigenvalue weighted by Gasteiger charge is 2.86. The van der Waals surface area contributed by atoms with Gasteiger partial charge in [0, 0.05) is 22.5 Å². The molecule has 0 aromatic heterocycles. The molecule has 5 heteroatoms. The van der Waals surface area contributed by atoms with Crippen LogP contribution in [0, 0.1) is 27.6 Å². The molecule has 0 amide bonds. The van der Waals surface area contributed by atoms with Crippen LogP contribution in [-0.4, -0.2) is 29.4 Å². The molecule has 1 saturated carbocycles. The van der Waals surface area contributed by atoms with Crippen molar-refractivity contribution in [1.82, 2.24) is 0 Å². The summed E-state index contributed by atoms with van der Waals surface area (Å²) in [6.07, 6.45) is 0. The highest BCUT2D eigenvalue weighted by Crippen LogP contribution is 2.78. The second kappa shape index (κ2) is 5.35. The molecule has 1 aromatic rings. The molecule has 0 bridgehead atoms. The standard InChI is InChI=1S/C20H23NO3S/c1-17(2)15(22)18(3,4)20(17)19(12-21,16(23)24-5)14(11-25-20)13-9-7-6-8-10-13/h6-10,14H,11H2,1-5H3/t14-,19+/m1/s1. The number of nitrogens with zero attached hydrogens (tertiary/aromatic N) is 1. The number of thioether (sulfide) groups is 1. The zero-order valence-electron chi connectivity index (χ0n) is 15.3. The van der Waals surface area contributed by atoms with Crippen molar-refractivity contribution in [2.24, 2.45) is 16.2 Å². The van der Waals surface area contributed by atoms with Crippen molar-refractivity contribution in [3.8, 4) is 6.07 Å². The Labute approximate surface area is 152 Å². The highest BCUT2D eigenvalue weighted by atomic mass is 32.2. The van der Waals surface area contributed by atoms with Crippen LogP contribution in [0.2, 0.25) is 0 Å². The topological polar surface area (TPSA) is 67.2 Å². The van der Waals surface area contributed by atoms with Crippen LogP contribution in [0.3, 0.4) is 0 Å². The smallest absolute Gasteiger partial charge is 0.328 e. The first kappa shape index (κ1) is 18.0. The Balaban J connectivity index is 2.31. The summed E-state index contributed by atoms with van der Waals surface area (Å²) in [7, 11) is 1.32. The predicted octanol–water partition coefficient (Wildman–Crippen LogP) is 3.57. The summed E-state index contributed by atoms with van der Waals surface area (Å²) < 4.78 is 4.32. The normalized spacial score (nSPS) is 31.2. The lowest BCUT2D eigenvalue weighted by molar-refractivity contribution is -0.179. The highest BCUT2D eigenvalue weighted by molar-refractivity contribution is 8.01. The van der Waals surface area contributed by atoms with Crippen LogP contribution in [0.15, 0.2) is 30.3 Å². The first-order valence-electron chi connectivity index (χ1n) is 8.38. The lowest BCUT2D eigenvalue weighted by Gasteiger charge is -2.67. The summed E-state index contributed by atoms with van der Waals surface area (Å²) in [5.41, 5.74) is -2.04. The van der Waals surface area contributed by atoms with E-state index in [1.165, 1.54) is 7.11 Å². The number of Topliss-reactive ketones (excluding diaryl/α,β-unsaturated/α-hetero) is 1. The minimum absolute atomic E-state index is 0.0877. The van der Waals surface area contributed by atoms with Crippen LogP contribution < -0.4 is 0 Å². The van der Waals surface area contributed by atoms with E-state index in [4.69, 9.17) is 4.74 Å². The molecule has 2 aliphatic rings. The van der Waals surface area contributed by atoms with Crippen LogP contribution >= 0.6 is 11.8 Å². The maximum Gasteiger partial charge on any atom is 0.328 e. The summed E-state index contributed by atoms with van der Waals surface area (Å²) in [5, 5.41) is 10.3. The fourth-order valence-electron chi connectivity index (χ4n) is 5.54. The number of nitriles is 1. The molecule has 25 heavy (non-hydrogen) atoms. The Bertz CT molecular complexity index is 760. The summed E-state index contributed by atoms with van der Waals surface area (Å²) in [6.45, 7) is 7.43. The number of ether oxygens (including phenoxy) is 1. The van der Waals surface area contributed by atoms with Gasteiger partial charge in [0.1, 0.15) is 5.78 Å². The summed E-state index contributed by atoms with van der Waals surface area (Å²) in [5.74, 6) is -0.164. The average Bonchev–Trinajstić information content (AvgIpc) is 2.99. The van der Waals surface area contributed by atoms with Gasteiger partial charge in [-0.1, -0.05) is 58.0 Å². The first-order valence-corrected chi connectivity index (χ1v) is 9.37. The number of hydrogen-bond acceptors (Lipinski definition) is 5. The van der Waals surface area contributed by atoms with Crippen molar-refractivity contribution in [3.05, 3.63) is 35.9 Å². The third kappa shape index (κ3) is 1.74. The molecule has 0 radical (unpaired) electrons. The minimum Gasteiger partial charge on any atom is -0.468 e. The molecule has 2 fully saturated rings. The Hall–Kier alpha value is -1.80. The number of carbonyl (C=O) groups is 2. The largest absolute Gasteiger partial charge is 0.468 e. The van der Waals surface area contributed by atoms with Crippen molar-refractivity contribution in [3.63, 3.8) is 0 Å². The van der Waals surface area contributed by atoms with Gasteiger partial charge in [0.25, 0.3) is 0 Å². The lowest BCUT2D eigenvalue weighted by Crippen LogP contribution is -2.78. The molecule has 1 aliphatic heterocycles. The zero-order chi connectivity index (χ0) is 18.7. The van der Waals surface area contributed by atoms with Crippen molar-refractivity contribution in [1.29, 1.82) is 5.26 Å². The fourth-order valence-corrected chi connectivity index (χ4v) is 7.80. The molecule has 3 rings (SSSR count). The van der Waals surface area contributed by atoms with E-state index in [0.717, 1.165) is 5.56 Å². The summed E-state index contributed by atoms with van der Waals surface area (Å²) in [4.78, 5) is 25.9. The van der Waals surface area contributed by atoms with Crippen LogP contribution in [-0.2, 0) is 14.3 Å². The zero-order valence-corrected chi connectivity index (χ0v) is 16.1. The monoisotopic (exact) mass is 357 g/mol. The molecule has 1 aliphatic carbocycles. The van der Waals surface area contributed by atoms with E-state index < -0.39 is 27.0 Å². The third-order valence-corrected chi connectivity index (χ3v) is 8.60. The van der Waals surface area contributed by atoms with Gasteiger partial charge in [0.2, 0.25) is 0 Å². The number of rotatable bonds is 2. The maximum atomic E-state index is 13.1. The van der Waals surface area contributed by atoms with E-state index in [2.05, 4.69) is 6.07 Å². The second-order valence-corrected chi connectivity index (χ2v) is 9.18. The Kier molecular flexibility index (Phi) is 3.85. The molecular weight excluding hydrogens is 334 g/mol. The van der Waals surface area contributed by atoms with E-state index in [0.29, 0.717) is 5.75 Å². The van der Waals surface area contributed by atoms with Crippen molar-refractivity contribution in [2.45, 2.75) is 38.4 Å². The van der Waals surface area contributed by atoms with E-state index in [9.17, 15) is 14.9 Å². The molecule has 132 valence electrons. The molecule has 4 nitrogen and oxygen atoms in total. The quantitative estimate of drug-likeness (QED) is 0.757. The fraction of sp³-hybridized carbons (Fsp3) is 0.550. The number of benzene rings is 1. The van der Waals surface area contributed by atoms with E-state index in [-0.39, 0.29) is 11.7 Å². The van der Waals surface area contributed by atoms with Gasteiger partial charge in [-0.3, -0.25) is 9.59 Å². The first-order chi connectivity index (χ1) is 11.6. The molecule has 1 aromatic carbocycles. The van der Waals surface area contributed by atoms with Gasteiger partial charge in [0.05, 0.1) is 17.9 Å². The second-order valence-electron chi connectivity index (χ2n) is 7.95. The number of methoxy groups -OCH3 is 1. The summed E-state index contributed by atoms with van der Waals surface area (Å²) >= 11 is 1.58. The average molecular weight is 357 g/mol. The van der Waals surface area contributed by atoms with Crippen LogP contribution in [0.25, 0.3) is 0 Å². The van der Waals surface area contributed by atoms with Crippen molar-refractivity contribution >= 4 is 23.5 Å². The van der Waals surface area contributed by atoms with Gasteiger partial charge in [-0.25, -0.2) is 0 Å². The Morgan fingerprint density at radius 1 is 1.20 bits per heavy atom.